The number of morpholine rings is 1. The summed E-state index contributed by atoms with van der Waals surface area (Å²) in [5.74, 6) is -0.375. The number of hydrogen-bond donors (Lipinski definition) is 0. The molecule has 0 saturated carbocycles. The standard InChI is InChI=1S/C11H12BF3NO2/c13-12(14,15)10-3-1-2-9(8-10)11(17)16-4-6-18-7-5-16/h1-3,8H,4-7H2/q-1. The second-order valence-electron chi connectivity index (χ2n) is 4.10. The van der Waals surface area contributed by atoms with Crippen LogP contribution in [-0.4, -0.2) is 44.1 Å². The van der Waals surface area contributed by atoms with Crippen LogP contribution >= 0.6 is 0 Å². The molecule has 1 heterocycles. The van der Waals surface area contributed by atoms with Crippen molar-refractivity contribution in [3.05, 3.63) is 29.8 Å². The predicted molar refractivity (Wildman–Crippen MR) is 61.9 cm³/mol. The van der Waals surface area contributed by atoms with Gasteiger partial charge in [0, 0.05) is 18.7 Å². The molecule has 0 unspecified atom stereocenters. The molecule has 98 valence electrons. The van der Waals surface area contributed by atoms with E-state index in [4.69, 9.17) is 4.74 Å². The largest absolute Gasteiger partial charge is 0.509 e. The first-order valence-corrected chi connectivity index (χ1v) is 5.65. The Kier molecular flexibility index (Phi) is 3.61. The fraction of sp³-hybridized carbons (Fsp3) is 0.364. The normalized spacial score (nSPS) is 16.7. The Labute approximate surface area is 103 Å². The molecule has 1 aromatic carbocycles. The fourth-order valence-electron chi connectivity index (χ4n) is 1.82. The van der Waals surface area contributed by atoms with Crippen molar-refractivity contribution in [2.75, 3.05) is 26.3 Å². The molecule has 1 aromatic rings. The maximum Gasteiger partial charge on any atom is 0.509 e. The van der Waals surface area contributed by atoms with Gasteiger partial charge in [-0.25, -0.2) is 0 Å². The van der Waals surface area contributed by atoms with Gasteiger partial charge >= 0.3 is 6.98 Å². The number of amides is 1. The molecule has 1 saturated heterocycles. The lowest BCUT2D eigenvalue weighted by Crippen LogP contribution is -2.41. The first kappa shape index (κ1) is 12.9. The molecule has 3 nitrogen and oxygen atoms in total. The Hall–Kier alpha value is -1.50. The summed E-state index contributed by atoms with van der Waals surface area (Å²) in [6.45, 7) is -3.39. The van der Waals surface area contributed by atoms with Crippen LogP contribution in [0.3, 0.4) is 0 Å². The van der Waals surface area contributed by atoms with Crippen LogP contribution in [0, 0.1) is 0 Å². The Morgan fingerprint density at radius 2 is 1.89 bits per heavy atom. The Bertz CT molecular complexity index is 444. The number of benzene rings is 1. The van der Waals surface area contributed by atoms with Gasteiger partial charge in [0.15, 0.2) is 0 Å². The van der Waals surface area contributed by atoms with E-state index in [1.165, 1.54) is 17.0 Å². The van der Waals surface area contributed by atoms with Gasteiger partial charge in [0.25, 0.3) is 5.91 Å². The molecule has 0 aromatic heterocycles. The maximum absolute atomic E-state index is 12.6. The number of nitrogens with zero attached hydrogens (tertiary/aromatic N) is 1. The van der Waals surface area contributed by atoms with E-state index in [-0.39, 0.29) is 11.5 Å². The van der Waals surface area contributed by atoms with Crippen molar-refractivity contribution < 1.29 is 22.5 Å². The van der Waals surface area contributed by atoms with Gasteiger partial charge < -0.3 is 22.6 Å². The summed E-state index contributed by atoms with van der Waals surface area (Å²) in [7, 11) is 0. The van der Waals surface area contributed by atoms with Crippen molar-refractivity contribution in [3.63, 3.8) is 0 Å². The minimum atomic E-state index is -5.07. The van der Waals surface area contributed by atoms with E-state index in [9.17, 15) is 17.7 Å². The maximum atomic E-state index is 12.6. The van der Waals surface area contributed by atoms with Gasteiger partial charge in [-0.05, 0) is 6.07 Å². The summed E-state index contributed by atoms with van der Waals surface area (Å²) in [5.41, 5.74) is -0.664. The van der Waals surface area contributed by atoms with Crippen LogP contribution < -0.4 is 5.46 Å². The number of halogens is 3. The quantitative estimate of drug-likeness (QED) is 0.746. The molecule has 0 aliphatic carbocycles. The van der Waals surface area contributed by atoms with Gasteiger partial charge in [-0.2, -0.15) is 0 Å². The lowest BCUT2D eigenvalue weighted by atomic mass is 9.79. The monoisotopic (exact) mass is 258 g/mol. The van der Waals surface area contributed by atoms with E-state index in [2.05, 4.69) is 0 Å². The number of carbonyl (C=O) groups is 1. The number of ether oxygens (including phenoxy) is 1. The highest BCUT2D eigenvalue weighted by molar-refractivity contribution is 6.73. The van der Waals surface area contributed by atoms with Crippen molar-refractivity contribution in [1.82, 2.24) is 4.90 Å². The molecule has 1 amide bonds. The topological polar surface area (TPSA) is 29.5 Å². The Balaban J connectivity index is 2.20. The molecule has 0 radical (unpaired) electrons. The highest BCUT2D eigenvalue weighted by Gasteiger charge is 2.27. The number of rotatable bonds is 2. The van der Waals surface area contributed by atoms with Crippen LogP contribution in [-0.2, 0) is 4.74 Å². The zero-order chi connectivity index (χ0) is 13.2. The van der Waals surface area contributed by atoms with E-state index >= 15 is 0 Å². The second-order valence-corrected chi connectivity index (χ2v) is 4.10. The highest BCUT2D eigenvalue weighted by atomic mass is 19.4. The molecule has 0 atom stereocenters. The molecule has 1 aliphatic heterocycles. The summed E-state index contributed by atoms with van der Waals surface area (Å²) >= 11 is 0. The third-order valence-corrected chi connectivity index (χ3v) is 2.81. The van der Waals surface area contributed by atoms with Crippen LogP contribution in [0.4, 0.5) is 12.9 Å². The van der Waals surface area contributed by atoms with E-state index in [1.54, 1.807) is 0 Å². The van der Waals surface area contributed by atoms with Crippen LogP contribution in [0.25, 0.3) is 0 Å². The predicted octanol–water partition coefficient (Wildman–Crippen LogP) is 1.21. The average molecular weight is 258 g/mol. The zero-order valence-electron chi connectivity index (χ0n) is 9.61. The molecule has 1 fully saturated rings. The Morgan fingerprint density at radius 3 is 2.50 bits per heavy atom. The van der Waals surface area contributed by atoms with Crippen LogP contribution in [0.2, 0.25) is 0 Å². The summed E-state index contributed by atoms with van der Waals surface area (Å²) in [6.07, 6.45) is 0. The third kappa shape index (κ3) is 2.84. The van der Waals surface area contributed by atoms with Gasteiger partial charge in [-0.3, -0.25) is 4.79 Å². The van der Waals surface area contributed by atoms with Gasteiger partial charge in [0.05, 0.1) is 13.2 Å². The second kappa shape index (κ2) is 5.01. The molecule has 2 rings (SSSR count). The van der Waals surface area contributed by atoms with Crippen LogP contribution in [0.5, 0.6) is 0 Å². The first-order valence-electron chi connectivity index (χ1n) is 5.65. The molecule has 0 spiro atoms. The molecule has 7 heteroatoms. The molecular formula is C11H12BF3NO2-. The highest BCUT2D eigenvalue weighted by Crippen LogP contribution is 2.12. The van der Waals surface area contributed by atoms with Crippen molar-refractivity contribution in [1.29, 1.82) is 0 Å². The van der Waals surface area contributed by atoms with Gasteiger partial charge in [-0.1, -0.05) is 18.2 Å². The summed E-state index contributed by atoms with van der Waals surface area (Å²) < 4.78 is 42.9. The van der Waals surface area contributed by atoms with Crippen molar-refractivity contribution >= 4 is 18.3 Å². The summed E-state index contributed by atoms with van der Waals surface area (Å²) in [6, 6.07) is 4.56. The minimum absolute atomic E-state index is 0.0774. The fourth-order valence-corrected chi connectivity index (χ4v) is 1.82. The van der Waals surface area contributed by atoms with E-state index in [0.717, 1.165) is 12.1 Å². The zero-order valence-corrected chi connectivity index (χ0v) is 9.61. The van der Waals surface area contributed by atoms with E-state index in [0.29, 0.717) is 26.3 Å². The minimum Gasteiger partial charge on any atom is -0.445 e. The lowest BCUT2D eigenvalue weighted by Gasteiger charge is -2.27. The Morgan fingerprint density at radius 1 is 1.22 bits per heavy atom. The van der Waals surface area contributed by atoms with Crippen molar-refractivity contribution in [2.45, 2.75) is 0 Å². The number of carbonyl (C=O) groups excluding carboxylic acids is 1. The van der Waals surface area contributed by atoms with Gasteiger partial charge in [0.1, 0.15) is 0 Å². The summed E-state index contributed by atoms with van der Waals surface area (Å²) in [4.78, 5) is 13.5. The van der Waals surface area contributed by atoms with Crippen LogP contribution in [0.1, 0.15) is 10.4 Å². The van der Waals surface area contributed by atoms with Crippen LogP contribution in [0.15, 0.2) is 24.3 Å². The molecule has 18 heavy (non-hydrogen) atoms. The van der Waals surface area contributed by atoms with Gasteiger partial charge in [-0.15, -0.1) is 5.46 Å². The lowest BCUT2D eigenvalue weighted by molar-refractivity contribution is 0.0303. The molecule has 0 bridgehead atoms. The van der Waals surface area contributed by atoms with E-state index < -0.39 is 12.4 Å². The third-order valence-electron chi connectivity index (χ3n) is 2.81. The molecular weight excluding hydrogens is 246 g/mol. The molecule has 1 aliphatic rings. The summed E-state index contributed by atoms with van der Waals surface area (Å²) in [5, 5.41) is 0. The van der Waals surface area contributed by atoms with Crippen molar-refractivity contribution in [3.8, 4) is 0 Å². The average Bonchev–Trinajstić information content (AvgIpc) is 2.38. The SMILES string of the molecule is O=C(c1cccc([B-](F)(F)F)c1)N1CCOCC1. The van der Waals surface area contributed by atoms with E-state index in [1.807, 2.05) is 0 Å². The van der Waals surface area contributed by atoms with Crippen molar-refractivity contribution in [2.24, 2.45) is 0 Å². The van der Waals surface area contributed by atoms with Gasteiger partial charge in [0.2, 0.25) is 0 Å². The first-order chi connectivity index (χ1) is 8.48. The number of hydrogen-bond acceptors (Lipinski definition) is 2. The smallest absolute Gasteiger partial charge is 0.445 e. The molecule has 0 N–H and O–H groups in total.